The number of aliphatic hydroxyl groups excluding tert-OH is 1. The van der Waals surface area contributed by atoms with Gasteiger partial charge in [0, 0.05) is 43.0 Å². The maximum atomic E-state index is 10.0. The van der Waals surface area contributed by atoms with Crippen molar-refractivity contribution in [1.29, 1.82) is 0 Å². The number of aliphatic hydroxyl groups is 1. The first-order valence-corrected chi connectivity index (χ1v) is 18.5. The van der Waals surface area contributed by atoms with Gasteiger partial charge in [-0.2, -0.15) is 0 Å². The zero-order valence-corrected chi connectivity index (χ0v) is 33.9. The fourth-order valence-corrected chi connectivity index (χ4v) is 5.35. The van der Waals surface area contributed by atoms with Gasteiger partial charge in [-0.3, -0.25) is 4.79 Å². The smallest absolute Gasteiger partial charge is 0.155 e. The van der Waals surface area contributed by atoms with E-state index in [1.807, 2.05) is 42.7 Å². The second-order valence-corrected chi connectivity index (χ2v) is 13.1. The first-order chi connectivity index (χ1) is 23.3. The van der Waals surface area contributed by atoms with Gasteiger partial charge in [0.1, 0.15) is 0 Å². The second-order valence-electron chi connectivity index (χ2n) is 12.2. The number of carbonyl (C=O) groups excluding carboxylic acids is 1. The minimum atomic E-state index is -0.125. The van der Waals surface area contributed by atoms with Gasteiger partial charge in [0.05, 0.1) is 5.76 Å². The molecular formula is C43H55BrIrN2O2-2. The standard InChI is InChI=1S/C19H23BrN.C19H24N.C5H8O2.Ir/c1-2-3-4-5-6-7-8-16-9-11-17(12-10-16)19-14-13-18(20)15-21-19;1-2-3-4-5-6-7-10-17-12-14-18(15-13-17)19-11-8-9-16-20-19;1-4(6)3-5(2)7;/h9-11,13-15H,2-8H2,1H3;8-9,11-14,16H,2-7,10H2,1H3;3,6H,1-2H3;/q2*-1;;/b;;4-3-;. The zero-order valence-electron chi connectivity index (χ0n) is 29.9. The molecule has 0 atom stereocenters. The molecule has 0 saturated carbocycles. The van der Waals surface area contributed by atoms with E-state index in [9.17, 15) is 4.79 Å². The van der Waals surface area contributed by atoms with Crippen molar-refractivity contribution < 1.29 is 30.0 Å². The van der Waals surface area contributed by atoms with Gasteiger partial charge in [-0.05, 0) is 47.2 Å². The summed E-state index contributed by atoms with van der Waals surface area (Å²) in [5.41, 5.74) is 6.89. The summed E-state index contributed by atoms with van der Waals surface area (Å²) in [7, 11) is 0. The molecule has 1 radical (unpaired) electrons. The van der Waals surface area contributed by atoms with E-state index in [2.05, 4.69) is 88.3 Å². The number of hydrogen-bond acceptors (Lipinski definition) is 4. The Kier molecular flexibility index (Phi) is 25.1. The zero-order chi connectivity index (χ0) is 34.8. The van der Waals surface area contributed by atoms with Crippen LogP contribution in [0.2, 0.25) is 0 Å². The molecule has 0 aliphatic carbocycles. The minimum Gasteiger partial charge on any atom is -0.512 e. The topological polar surface area (TPSA) is 63.1 Å². The largest absolute Gasteiger partial charge is 0.512 e. The van der Waals surface area contributed by atoms with Crippen molar-refractivity contribution in [1.82, 2.24) is 9.97 Å². The van der Waals surface area contributed by atoms with Crippen LogP contribution in [0.15, 0.2) is 95.4 Å². The summed E-state index contributed by atoms with van der Waals surface area (Å²) in [6, 6.07) is 29.6. The second kappa shape index (κ2) is 27.9. The SMILES string of the molecule is CC(=O)/C=C(/C)O.CCCCCCCCc1c[c-]c(-c2ccc(Br)cn2)cc1.CCCCCCCCc1c[c-]c(-c2ccccn2)cc1.[Ir]. The summed E-state index contributed by atoms with van der Waals surface area (Å²) in [6.07, 6.45) is 23.4. The summed E-state index contributed by atoms with van der Waals surface area (Å²) in [5.74, 6) is -0.0625. The molecule has 0 spiro atoms. The van der Waals surface area contributed by atoms with Crippen LogP contribution >= 0.6 is 15.9 Å². The molecule has 0 unspecified atom stereocenters. The average Bonchev–Trinajstić information content (AvgIpc) is 3.09. The average molecular weight is 904 g/mol. The van der Waals surface area contributed by atoms with Gasteiger partial charge in [-0.1, -0.05) is 128 Å². The number of ketones is 1. The Balaban J connectivity index is 0.000000405. The molecule has 6 heteroatoms. The minimum absolute atomic E-state index is 0. The predicted molar refractivity (Wildman–Crippen MR) is 206 cm³/mol. The van der Waals surface area contributed by atoms with Gasteiger partial charge in [-0.15, -0.1) is 70.8 Å². The summed E-state index contributed by atoms with van der Waals surface area (Å²) >= 11 is 3.41. The van der Waals surface area contributed by atoms with E-state index in [4.69, 9.17) is 5.11 Å². The third-order valence-electron chi connectivity index (χ3n) is 7.75. The summed E-state index contributed by atoms with van der Waals surface area (Å²) < 4.78 is 1.01. The Morgan fingerprint density at radius 2 is 1.20 bits per heavy atom. The van der Waals surface area contributed by atoms with Crippen LogP contribution in [0.1, 0.15) is 116 Å². The first kappa shape index (κ1) is 44.1. The Bertz CT molecular complexity index is 1420. The number of pyridine rings is 2. The number of hydrogen-bond donors (Lipinski definition) is 1. The molecule has 49 heavy (non-hydrogen) atoms. The maximum absolute atomic E-state index is 10.0. The number of carbonyl (C=O) groups is 1. The molecule has 4 aromatic rings. The number of nitrogens with zero attached hydrogens (tertiary/aromatic N) is 2. The number of halogens is 1. The van der Waals surface area contributed by atoms with Crippen LogP contribution in [0.5, 0.6) is 0 Å². The molecule has 4 nitrogen and oxygen atoms in total. The van der Waals surface area contributed by atoms with Crippen molar-refractivity contribution in [3.63, 3.8) is 0 Å². The van der Waals surface area contributed by atoms with Gasteiger partial charge >= 0.3 is 0 Å². The predicted octanol–water partition coefficient (Wildman–Crippen LogP) is 12.7. The number of aromatic nitrogens is 2. The van der Waals surface area contributed by atoms with Crippen molar-refractivity contribution in [3.05, 3.63) is 119 Å². The Morgan fingerprint density at radius 1 is 0.694 bits per heavy atom. The van der Waals surface area contributed by atoms with Gasteiger partial charge in [0.2, 0.25) is 0 Å². The molecule has 0 saturated heterocycles. The molecule has 0 aliphatic heterocycles. The number of unbranched alkanes of at least 4 members (excludes halogenated alkanes) is 10. The summed E-state index contributed by atoms with van der Waals surface area (Å²) in [5, 5.41) is 8.36. The number of allylic oxidation sites excluding steroid dienone is 2. The maximum Gasteiger partial charge on any atom is 0.155 e. The Morgan fingerprint density at radius 3 is 1.57 bits per heavy atom. The van der Waals surface area contributed by atoms with E-state index >= 15 is 0 Å². The van der Waals surface area contributed by atoms with Crippen LogP contribution in [-0.2, 0) is 37.7 Å². The molecule has 0 aliphatic rings. The van der Waals surface area contributed by atoms with Crippen molar-refractivity contribution in [2.45, 2.75) is 118 Å². The summed E-state index contributed by atoms with van der Waals surface area (Å²) in [4.78, 5) is 18.8. The van der Waals surface area contributed by atoms with Gasteiger partial charge in [0.25, 0.3) is 0 Å². The van der Waals surface area contributed by atoms with Crippen LogP contribution in [0.25, 0.3) is 22.5 Å². The number of benzene rings is 2. The molecule has 2 heterocycles. The van der Waals surface area contributed by atoms with E-state index in [1.165, 1.54) is 115 Å². The fraction of sp³-hybridized carbons (Fsp3) is 0.419. The quantitative estimate of drug-likeness (QED) is 0.0496. The first-order valence-electron chi connectivity index (χ1n) is 17.7. The molecule has 2 aromatic carbocycles. The molecule has 0 bridgehead atoms. The molecule has 0 fully saturated rings. The molecule has 2 aromatic heterocycles. The molecule has 0 amide bonds. The fourth-order valence-electron chi connectivity index (χ4n) is 5.11. The van der Waals surface area contributed by atoms with Crippen molar-refractivity contribution in [2.24, 2.45) is 0 Å². The van der Waals surface area contributed by atoms with E-state index in [-0.39, 0.29) is 31.6 Å². The monoisotopic (exact) mass is 903 g/mol. The van der Waals surface area contributed by atoms with Crippen LogP contribution in [0.3, 0.4) is 0 Å². The van der Waals surface area contributed by atoms with E-state index in [0.29, 0.717) is 0 Å². The van der Waals surface area contributed by atoms with Crippen LogP contribution in [0.4, 0.5) is 0 Å². The normalized spacial score (nSPS) is 10.6. The van der Waals surface area contributed by atoms with Crippen LogP contribution in [0, 0.1) is 12.1 Å². The van der Waals surface area contributed by atoms with E-state index in [0.717, 1.165) is 33.4 Å². The summed E-state index contributed by atoms with van der Waals surface area (Å²) in [6.45, 7) is 7.37. The van der Waals surface area contributed by atoms with Gasteiger partial charge in [0.15, 0.2) is 5.78 Å². The molecule has 267 valence electrons. The van der Waals surface area contributed by atoms with Crippen molar-refractivity contribution >= 4 is 21.7 Å². The van der Waals surface area contributed by atoms with E-state index in [1.54, 1.807) is 0 Å². The Labute approximate surface area is 318 Å². The van der Waals surface area contributed by atoms with Crippen molar-refractivity contribution in [2.75, 3.05) is 0 Å². The third kappa shape index (κ3) is 21.0. The van der Waals surface area contributed by atoms with E-state index < -0.39 is 0 Å². The van der Waals surface area contributed by atoms with Gasteiger partial charge < -0.3 is 15.1 Å². The molecular weight excluding hydrogens is 849 g/mol. The molecule has 4 rings (SSSR count). The number of aryl methyl sites for hydroxylation is 2. The Hall–Kier alpha value is -2.92. The number of rotatable bonds is 17. The van der Waals surface area contributed by atoms with Gasteiger partial charge in [-0.25, -0.2) is 0 Å². The molecule has 1 N–H and O–H groups in total. The third-order valence-corrected chi connectivity index (χ3v) is 8.22. The van der Waals surface area contributed by atoms with Crippen LogP contribution in [-0.4, -0.2) is 20.9 Å². The van der Waals surface area contributed by atoms with Crippen molar-refractivity contribution in [3.8, 4) is 22.5 Å². The van der Waals surface area contributed by atoms with Crippen LogP contribution < -0.4 is 0 Å².